The summed E-state index contributed by atoms with van der Waals surface area (Å²) >= 11 is 0. The Morgan fingerprint density at radius 1 is 0.887 bits per heavy atom. The Labute approximate surface area is 305 Å². The number of anilines is 4. The Bertz CT molecular complexity index is 1960. The molecular weight excluding hydrogens is 684 g/mol. The number of rotatable bonds is 20. The molecule has 1 aliphatic heterocycles. The monoisotopic (exact) mass is 730 g/mol. The van der Waals surface area contributed by atoms with Crippen LogP contribution in [0.25, 0.3) is 33.4 Å². The van der Waals surface area contributed by atoms with Crippen LogP contribution in [0.4, 0.5) is 23.5 Å². The van der Waals surface area contributed by atoms with E-state index in [1.54, 1.807) is 23.1 Å². The van der Waals surface area contributed by atoms with Crippen molar-refractivity contribution >= 4 is 57.3 Å². The van der Waals surface area contributed by atoms with Crippen molar-refractivity contribution in [3.8, 4) is 11.3 Å². The average molecular weight is 731 g/mol. The van der Waals surface area contributed by atoms with Gasteiger partial charge in [-0.05, 0) is 43.9 Å². The van der Waals surface area contributed by atoms with Crippen molar-refractivity contribution < 1.29 is 28.2 Å². The topological polar surface area (TPSA) is 251 Å². The third kappa shape index (κ3) is 10.1. The molecule has 4 aromatic heterocycles. The first-order chi connectivity index (χ1) is 25.9. The Kier molecular flexibility index (Phi) is 12.9. The van der Waals surface area contributed by atoms with Gasteiger partial charge in [-0.25, -0.2) is 24.6 Å². The number of nitrogens with zero attached hydrogens (tertiary/aromatic N) is 8. The number of oxazole rings is 1. The minimum atomic E-state index is -0.0773. The Hall–Kier alpha value is -5.46. The third-order valence-corrected chi connectivity index (χ3v) is 8.96. The second-order valence-electron chi connectivity index (χ2n) is 12.7. The molecule has 53 heavy (non-hydrogen) atoms. The molecule has 1 aromatic carbocycles. The summed E-state index contributed by atoms with van der Waals surface area (Å²) in [6.45, 7) is 4.84. The second-order valence-corrected chi connectivity index (χ2v) is 12.7. The lowest BCUT2D eigenvalue weighted by Gasteiger charge is -2.31. The number of aromatic nitrogens is 7. The molecule has 1 saturated heterocycles. The summed E-state index contributed by atoms with van der Waals surface area (Å²) in [6.07, 6.45) is 8.32. The van der Waals surface area contributed by atoms with Gasteiger partial charge in [0.2, 0.25) is 11.9 Å². The number of ketones is 1. The largest absolute Gasteiger partial charge is 0.424 e. The van der Waals surface area contributed by atoms with Crippen LogP contribution in [-0.4, -0.2) is 106 Å². The van der Waals surface area contributed by atoms with Crippen molar-refractivity contribution in [3.63, 3.8) is 0 Å². The molecule has 0 unspecified atom stereocenters. The van der Waals surface area contributed by atoms with Gasteiger partial charge >= 0.3 is 0 Å². The number of Topliss-reactive ketones (excluding diaryl/α,β-unsaturated/α-hetero) is 1. The number of piperidine rings is 1. The SMILES string of the molecule is Nc1cnc(N2CCC(C(=O)CCOCCOCCOCCC(=O)NCCCCn3nc(-c4ccc5oc(N)nc5c4)c4c(N)ncnc43)CC2)nc1. The van der Waals surface area contributed by atoms with Crippen LogP contribution in [0.1, 0.15) is 38.5 Å². The van der Waals surface area contributed by atoms with E-state index in [0.717, 1.165) is 44.3 Å². The Balaban J connectivity index is 0.774. The van der Waals surface area contributed by atoms with Gasteiger partial charge in [-0.2, -0.15) is 10.1 Å². The number of nitrogens with one attached hydrogen (secondary N) is 1. The first kappa shape index (κ1) is 37.3. The number of unbranched alkanes of at least 4 members (excludes halogenated alkanes) is 1. The van der Waals surface area contributed by atoms with Crippen molar-refractivity contribution in [2.75, 3.05) is 81.4 Å². The molecule has 1 fully saturated rings. The van der Waals surface area contributed by atoms with Crippen LogP contribution in [0.2, 0.25) is 0 Å². The van der Waals surface area contributed by atoms with Gasteiger partial charge in [0.25, 0.3) is 6.01 Å². The van der Waals surface area contributed by atoms with Crippen molar-refractivity contribution in [1.29, 1.82) is 0 Å². The molecule has 5 heterocycles. The molecule has 18 heteroatoms. The normalized spacial score (nSPS) is 13.6. The number of fused-ring (bicyclic) bond motifs is 2. The van der Waals surface area contributed by atoms with Gasteiger partial charge in [-0.1, -0.05) is 0 Å². The van der Waals surface area contributed by atoms with Crippen molar-refractivity contribution in [2.45, 2.75) is 45.1 Å². The summed E-state index contributed by atoms with van der Waals surface area (Å²) in [5.74, 6) is 1.17. The highest BCUT2D eigenvalue weighted by Crippen LogP contribution is 2.32. The molecule has 0 aliphatic carbocycles. The molecule has 0 atom stereocenters. The maximum atomic E-state index is 12.6. The van der Waals surface area contributed by atoms with Crippen molar-refractivity contribution in [1.82, 2.24) is 40.0 Å². The highest BCUT2D eigenvalue weighted by atomic mass is 16.5. The smallest absolute Gasteiger partial charge is 0.292 e. The molecule has 1 aliphatic rings. The summed E-state index contributed by atoms with van der Waals surface area (Å²) in [4.78, 5) is 48.3. The Morgan fingerprint density at radius 3 is 2.36 bits per heavy atom. The van der Waals surface area contributed by atoms with Gasteiger partial charge in [-0.3, -0.25) is 9.59 Å². The van der Waals surface area contributed by atoms with E-state index in [9.17, 15) is 9.59 Å². The third-order valence-electron chi connectivity index (χ3n) is 8.96. The molecule has 1 amide bonds. The highest BCUT2D eigenvalue weighted by Gasteiger charge is 2.26. The molecule has 282 valence electrons. The van der Waals surface area contributed by atoms with Crippen LogP contribution >= 0.6 is 0 Å². The van der Waals surface area contributed by atoms with E-state index < -0.39 is 0 Å². The number of carbonyl (C=O) groups is 2. The van der Waals surface area contributed by atoms with Gasteiger partial charge in [0, 0.05) is 50.5 Å². The van der Waals surface area contributed by atoms with Gasteiger partial charge in [0.1, 0.15) is 29.1 Å². The second kappa shape index (κ2) is 18.3. The number of nitrogens with two attached hydrogens (primary N) is 3. The number of ether oxygens (including phenoxy) is 3. The van der Waals surface area contributed by atoms with Gasteiger partial charge < -0.3 is 46.0 Å². The zero-order valence-corrected chi connectivity index (χ0v) is 29.6. The van der Waals surface area contributed by atoms with Gasteiger partial charge in [-0.15, -0.1) is 0 Å². The fourth-order valence-electron chi connectivity index (χ4n) is 6.16. The van der Waals surface area contributed by atoms with E-state index >= 15 is 0 Å². The molecule has 0 spiro atoms. The first-order valence-corrected chi connectivity index (χ1v) is 17.8. The van der Waals surface area contributed by atoms with Crippen LogP contribution in [0.5, 0.6) is 0 Å². The summed E-state index contributed by atoms with van der Waals surface area (Å²) < 4.78 is 23.9. The molecule has 5 aromatic rings. The molecule has 0 saturated carbocycles. The summed E-state index contributed by atoms with van der Waals surface area (Å²) in [6, 6.07) is 5.60. The van der Waals surface area contributed by atoms with E-state index in [1.165, 1.54) is 6.33 Å². The van der Waals surface area contributed by atoms with E-state index in [1.807, 2.05) is 12.1 Å². The maximum Gasteiger partial charge on any atom is 0.292 e. The quantitative estimate of drug-likeness (QED) is 0.0839. The van der Waals surface area contributed by atoms with E-state index in [4.69, 9.17) is 40.9 Å². The maximum absolute atomic E-state index is 12.6. The lowest BCUT2D eigenvalue weighted by Crippen LogP contribution is -2.37. The molecule has 6 rings (SSSR count). The zero-order valence-electron chi connectivity index (χ0n) is 29.6. The standard InChI is InChI=1S/C35H46N12O6/c36-25-20-40-35(41-21-25)46-11-5-23(6-12-46)27(48)7-13-50-15-17-52-18-16-51-14-8-29(49)39-9-1-2-10-47-33-30(32(37)42-22-43-33)31(45-47)24-3-4-28-26(19-24)44-34(38)53-28/h3-4,19-23H,1-2,5-18,36H2,(H2,38,44)(H,39,49)(H2,37,42,43). The van der Waals surface area contributed by atoms with E-state index in [0.29, 0.717) is 104 Å². The fourth-order valence-corrected chi connectivity index (χ4v) is 6.16. The minimum Gasteiger partial charge on any atom is -0.424 e. The van der Waals surface area contributed by atoms with Crippen LogP contribution in [-0.2, 0) is 30.3 Å². The predicted molar refractivity (Wildman–Crippen MR) is 197 cm³/mol. The molecule has 18 nitrogen and oxygen atoms in total. The minimum absolute atomic E-state index is 0.0368. The van der Waals surface area contributed by atoms with Crippen LogP contribution in [0.3, 0.4) is 0 Å². The summed E-state index contributed by atoms with van der Waals surface area (Å²) in [5, 5.41) is 8.39. The van der Waals surface area contributed by atoms with Crippen molar-refractivity contribution in [2.24, 2.45) is 5.92 Å². The predicted octanol–water partition coefficient (Wildman–Crippen LogP) is 2.38. The van der Waals surface area contributed by atoms with Crippen molar-refractivity contribution in [3.05, 3.63) is 36.9 Å². The van der Waals surface area contributed by atoms with Gasteiger partial charge in [0.15, 0.2) is 11.2 Å². The molecule has 0 bridgehead atoms. The van der Waals surface area contributed by atoms with Gasteiger partial charge in [0.05, 0.1) is 63.1 Å². The highest BCUT2D eigenvalue weighted by molar-refractivity contribution is 5.99. The lowest BCUT2D eigenvalue weighted by atomic mass is 9.91. The molecule has 0 radical (unpaired) electrons. The average Bonchev–Trinajstić information content (AvgIpc) is 3.73. The number of aryl methyl sites for hydroxylation is 1. The summed E-state index contributed by atoms with van der Waals surface area (Å²) in [7, 11) is 0. The number of carbonyl (C=O) groups excluding carboxylic acids is 2. The summed E-state index contributed by atoms with van der Waals surface area (Å²) in [5.41, 5.74) is 21.4. The number of hydrogen-bond acceptors (Lipinski definition) is 16. The number of nitrogen functional groups attached to an aromatic ring is 3. The Morgan fingerprint density at radius 2 is 1.60 bits per heavy atom. The number of hydrogen-bond donors (Lipinski definition) is 4. The van der Waals surface area contributed by atoms with E-state index in [-0.39, 0.29) is 30.0 Å². The molecular formula is C35H46N12O6. The zero-order chi connectivity index (χ0) is 37.0. The molecule has 7 N–H and O–H groups in total. The first-order valence-electron chi connectivity index (χ1n) is 17.8. The van der Waals surface area contributed by atoms with Crippen LogP contribution in [0.15, 0.2) is 41.3 Å². The van der Waals surface area contributed by atoms with Crippen LogP contribution in [0, 0.1) is 5.92 Å². The number of benzene rings is 1. The van der Waals surface area contributed by atoms with Crippen LogP contribution < -0.4 is 27.4 Å². The van der Waals surface area contributed by atoms with E-state index in [2.05, 4.69) is 35.1 Å². The fraction of sp³-hybridized carbons (Fsp3) is 0.486. The number of amides is 1. The lowest BCUT2D eigenvalue weighted by molar-refractivity contribution is -0.124.